The summed E-state index contributed by atoms with van der Waals surface area (Å²) in [6.07, 6.45) is 3.93. The molecule has 2 N–H and O–H groups in total. The van der Waals surface area contributed by atoms with Crippen LogP contribution >= 0.6 is 0 Å². The van der Waals surface area contributed by atoms with Crippen molar-refractivity contribution in [3.05, 3.63) is 35.4 Å². The predicted molar refractivity (Wildman–Crippen MR) is 77.8 cm³/mol. The Balaban J connectivity index is 2.26. The van der Waals surface area contributed by atoms with Crippen molar-refractivity contribution in [1.82, 2.24) is 4.90 Å². The van der Waals surface area contributed by atoms with Gasteiger partial charge in [0, 0.05) is 7.05 Å². The summed E-state index contributed by atoms with van der Waals surface area (Å²) >= 11 is 0. The monoisotopic (exact) mass is 260 g/mol. The van der Waals surface area contributed by atoms with E-state index in [1.807, 2.05) is 25.8 Å². The highest BCUT2D eigenvalue weighted by atomic mass is 16.2. The summed E-state index contributed by atoms with van der Waals surface area (Å²) in [5.41, 5.74) is 7.99. The molecule has 0 radical (unpaired) electrons. The summed E-state index contributed by atoms with van der Waals surface area (Å²) in [4.78, 5) is 14.4. The van der Waals surface area contributed by atoms with E-state index in [-0.39, 0.29) is 11.9 Å². The number of carbonyl (C=O) groups excluding carboxylic acids is 1. The van der Waals surface area contributed by atoms with Gasteiger partial charge >= 0.3 is 0 Å². The number of hydrogen-bond acceptors (Lipinski definition) is 2. The van der Waals surface area contributed by atoms with Crippen LogP contribution < -0.4 is 5.73 Å². The third-order valence-electron chi connectivity index (χ3n) is 4.35. The first-order valence-electron chi connectivity index (χ1n) is 7.11. The number of likely N-dealkylation sites (N-methyl/N-ethyl adjacent to an activating group) is 1. The van der Waals surface area contributed by atoms with Crippen LogP contribution in [0.5, 0.6) is 0 Å². The summed E-state index contributed by atoms with van der Waals surface area (Å²) in [5, 5.41) is 0. The van der Waals surface area contributed by atoms with E-state index >= 15 is 0 Å². The lowest BCUT2D eigenvalue weighted by molar-refractivity contribution is -0.137. The van der Waals surface area contributed by atoms with Gasteiger partial charge in [-0.1, -0.05) is 31.2 Å². The molecule has 2 rings (SSSR count). The molecular formula is C16H24N2O. The Labute approximate surface area is 115 Å². The van der Waals surface area contributed by atoms with Crippen LogP contribution in [-0.4, -0.2) is 23.4 Å². The summed E-state index contributed by atoms with van der Waals surface area (Å²) in [5.74, 6) is 0.0386. The van der Waals surface area contributed by atoms with E-state index in [9.17, 15) is 4.79 Å². The van der Waals surface area contributed by atoms with Crippen molar-refractivity contribution >= 4 is 5.91 Å². The highest BCUT2D eigenvalue weighted by Crippen LogP contribution is 2.34. The zero-order valence-corrected chi connectivity index (χ0v) is 12.1. The number of rotatable bonds is 3. The lowest BCUT2D eigenvalue weighted by Gasteiger charge is -2.37. The summed E-state index contributed by atoms with van der Waals surface area (Å²) in [6, 6.07) is 8.61. The van der Waals surface area contributed by atoms with Crippen LogP contribution in [0.4, 0.5) is 0 Å². The van der Waals surface area contributed by atoms with Gasteiger partial charge in [0.05, 0.1) is 11.6 Å². The minimum atomic E-state index is -0.763. The van der Waals surface area contributed by atoms with E-state index < -0.39 is 5.54 Å². The van der Waals surface area contributed by atoms with Crippen molar-refractivity contribution in [1.29, 1.82) is 0 Å². The van der Waals surface area contributed by atoms with Crippen molar-refractivity contribution in [2.24, 2.45) is 5.73 Å². The number of nitrogens with zero attached hydrogens (tertiary/aromatic N) is 1. The number of fused-ring (bicyclic) bond motifs is 1. The van der Waals surface area contributed by atoms with Crippen molar-refractivity contribution in [3.63, 3.8) is 0 Å². The Bertz CT molecular complexity index is 468. The minimum Gasteiger partial charge on any atom is -0.337 e. The first-order valence-corrected chi connectivity index (χ1v) is 7.11. The smallest absolute Gasteiger partial charge is 0.242 e. The van der Waals surface area contributed by atoms with Gasteiger partial charge in [-0.2, -0.15) is 0 Å². The summed E-state index contributed by atoms with van der Waals surface area (Å²) in [6.45, 7) is 3.78. The number of benzene rings is 1. The normalized spacial score (nSPS) is 21.4. The van der Waals surface area contributed by atoms with Crippen LogP contribution in [-0.2, 0) is 11.2 Å². The Morgan fingerprint density at radius 2 is 2.16 bits per heavy atom. The van der Waals surface area contributed by atoms with E-state index in [1.54, 1.807) is 0 Å². The molecule has 0 aromatic heterocycles. The van der Waals surface area contributed by atoms with Crippen LogP contribution in [0.2, 0.25) is 0 Å². The first kappa shape index (κ1) is 14.1. The van der Waals surface area contributed by atoms with Gasteiger partial charge in [-0.15, -0.1) is 0 Å². The second-order valence-electron chi connectivity index (χ2n) is 5.79. The fraction of sp³-hybridized carbons (Fsp3) is 0.562. The van der Waals surface area contributed by atoms with Crippen molar-refractivity contribution in [2.45, 2.75) is 51.1 Å². The van der Waals surface area contributed by atoms with E-state index in [4.69, 9.17) is 5.73 Å². The van der Waals surface area contributed by atoms with Crippen LogP contribution in [0.3, 0.4) is 0 Å². The molecule has 19 heavy (non-hydrogen) atoms. The topological polar surface area (TPSA) is 46.3 Å². The van der Waals surface area contributed by atoms with Gasteiger partial charge in [0.15, 0.2) is 0 Å². The van der Waals surface area contributed by atoms with Crippen LogP contribution in [0.15, 0.2) is 24.3 Å². The molecule has 0 fully saturated rings. The molecule has 2 unspecified atom stereocenters. The highest BCUT2D eigenvalue weighted by Gasteiger charge is 2.34. The van der Waals surface area contributed by atoms with Gasteiger partial charge in [0.25, 0.3) is 0 Å². The third kappa shape index (κ3) is 2.66. The Morgan fingerprint density at radius 1 is 1.47 bits per heavy atom. The minimum absolute atomic E-state index is 0.0386. The SMILES string of the molecule is CCC(C)(N)C(=O)N(C)C1CCCc2ccccc21. The summed E-state index contributed by atoms with van der Waals surface area (Å²) < 4.78 is 0. The van der Waals surface area contributed by atoms with Crippen molar-refractivity contribution in [2.75, 3.05) is 7.05 Å². The maximum Gasteiger partial charge on any atom is 0.242 e. The molecule has 0 saturated carbocycles. The molecule has 104 valence electrons. The van der Waals surface area contributed by atoms with Crippen LogP contribution in [0.25, 0.3) is 0 Å². The van der Waals surface area contributed by atoms with Gasteiger partial charge in [-0.25, -0.2) is 0 Å². The number of nitrogens with two attached hydrogens (primary N) is 1. The number of amides is 1. The average molecular weight is 260 g/mol. The molecule has 0 bridgehead atoms. The van der Waals surface area contributed by atoms with Gasteiger partial charge in [-0.05, 0) is 43.7 Å². The fourth-order valence-corrected chi connectivity index (χ4v) is 2.83. The molecule has 0 saturated heterocycles. The molecular weight excluding hydrogens is 236 g/mol. The van der Waals surface area contributed by atoms with Gasteiger partial charge in [0.1, 0.15) is 0 Å². The molecule has 1 aromatic carbocycles. The Morgan fingerprint density at radius 3 is 2.84 bits per heavy atom. The zero-order chi connectivity index (χ0) is 14.0. The van der Waals surface area contributed by atoms with E-state index in [1.165, 1.54) is 11.1 Å². The van der Waals surface area contributed by atoms with Gasteiger partial charge in [-0.3, -0.25) is 4.79 Å². The average Bonchev–Trinajstić information content (AvgIpc) is 2.45. The predicted octanol–water partition coefficient (Wildman–Crippen LogP) is 2.65. The molecule has 1 aromatic rings. The van der Waals surface area contributed by atoms with Crippen molar-refractivity contribution < 1.29 is 4.79 Å². The Hall–Kier alpha value is -1.35. The quantitative estimate of drug-likeness (QED) is 0.908. The molecule has 1 aliphatic carbocycles. The third-order valence-corrected chi connectivity index (χ3v) is 4.35. The fourth-order valence-electron chi connectivity index (χ4n) is 2.83. The van der Waals surface area contributed by atoms with Crippen molar-refractivity contribution in [3.8, 4) is 0 Å². The maximum atomic E-state index is 12.5. The van der Waals surface area contributed by atoms with E-state index in [0.717, 1.165) is 19.3 Å². The number of aryl methyl sites for hydroxylation is 1. The lowest BCUT2D eigenvalue weighted by atomic mass is 9.86. The molecule has 3 heteroatoms. The Kier molecular flexibility index (Phi) is 3.95. The molecule has 3 nitrogen and oxygen atoms in total. The molecule has 0 spiro atoms. The number of carbonyl (C=O) groups is 1. The zero-order valence-electron chi connectivity index (χ0n) is 12.1. The maximum absolute atomic E-state index is 12.5. The molecule has 1 aliphatic rings. The van der Waals surface area contributed by atoms with Crippen LogP contribution in [0.1, 0.15) is 50.3 Å². The molecule has 2 atom stereocenters. The number of hydrogen-bond donors (Lipinski definition) is 1. The van der Waals surface area contributed by atoms with Crippen LogP contribution in [0, 0.1) is 0 Å². The van der Waals surface area contributed by atoms with E-state index in [0.29, 0.717) is 6.42 Å². The molecule has 0 aliphatic heterocycles. The first-order chi connectivity index (χ1) is 8.97. The highest BCUT2D eigenvalue weighted by molar-refractivity contribution is 5.85. The molecule has 1 amide bonds. The second kappa shape index (κ2) is 5.33. The standard InChI is InChI=1S/C16H24N2O/c1-4-16(2,17)15(19)18(3)14-11-7-9-12-8-5-6-10-13(12)14/h5-6,8,10,14H,4,7,9,11,17H2,1-3H3. The second-order valence-corrected chi connectivity index (χ2v) is 5.79. The largest absolute Gasteiger partial charge is 0.337 e. The van der Waals surface area contributed by atoms with E-state index in [2.05, 4.69) is 24.3 Å². The summed E-state index contributed by atoms with van der Waals surface area (Å²) in [7, 11) is 1.88. The van der Waals surface area contributed by atoms with Gasteiger partial charge in [0.2, 0.25) is 5.91 Å². The lowest BCUT2D eigenvalue weighted by Crippen LogP contribution is -2.52. The van der Waals surface area contributed by atoms with Gasteiger partial charge < -0.3 is 10.6 Å². The molecule has 0 heterocycles.